The number of hydrogen-bond donors (Lipinski definition) is 1. The molecular weight excluding hydrogens is 272 g/mol. The van der Waals surface area contributed by atoms with Crippen LogP contribution in [0.2, 0.25) is 0 Å². The molecular formula is C15H28N2O4. The summed E-state index contributed by atoms with van der Waals surface area (Å²) in [5.41, 5.74) is -0.556. The number of hydrogen-bond acceptors (Lipinski definition) is 4. The van der Waals surface area contributed by atoms with Crippen molar-refractivity contribution in [3.05, 3.63) is 0 Å². The summed E-state index contributed by atoms with van der Waals surface area (Å²) in [6.07, 6.45) is 0.0278. The molecule has 0 heterocycles. The number of likely N-dealkylation sites (N-methyl/N-ethyl adjacent to an activating group) is 1. The molecule has 6 nitrogen and oxygen atoms in total. The minimum atomic E-state index is -0.587. The Bertz CT molecular complexity index is 370. The molecule has 0 aromatic carbocycles. The molecule has 0 aromatic heterocycles. The number of rotatable bonds is 7. The third-order valence-corrected chi connectivity index (χ3v) is 2.80. The summed E-state index contributed by atoms with van der Waals surface area (Å²) in [5.74, 6) is -0.861. The van der Waals surface area contributed by atoms with E-state index in [9.17, 15) is 14.4 Å². The van der Waals surface area contributed by atoms with Crippen molar-refractivity contribution in [2.45, 2.75) is 66.0 Å². The van der Waals surface area contributed by atoms with E-state index in [1.807, 2.05) is 13.8 Å². The Morgan fingerprint density at radius 1 is 1.10 bits per heavy atom. The van der Waals surface area contributed by atoms with Crippen molar-refractivity contribution in [2.24, 2.45) is 0 Å². The van der Waals surface area contributed by atoms with Crippen molar-refractivity contribution in [3.63, 3.8) is 0 Å². The van der Waals surface area contributed by atoms with Crippen molar-refractivity contribution in [1.29, 1.82) is 0 Å². The smallest absolute Gasteiger partial charge is 0.306 e. The van der Waals surface area contributed by atoms with Gasteiger partial charge in [-0.2, -0.15) is 0 Å². The van der Waals surface area contributed by atoms with Crippen molar-refractivity contribution in [1.82, 2.24) is 10.2 Å². The molecule has 122 valence electrons. The van der Waals surface area contributed by atoms with Crippen LogP contribution in [0.4, 0.5) is 0 Å². The molecule has 0 aliphatic rings. The number of carbonyl (C=O) groups excluding carboxylic acids is 3. The van der Waals surface area contributed by atoms with E-state index in [0.717, 1.165) is 0 Å². The lowest BCUT2D eigenvalue weighted by atomic mass is 10.2. The Balaban J connectivity index is 4.20. The number of esters is 1. The van der Waals surface area contributed by atoms with Gasteiger partial charge < -0.3 is 15.0 Å². The first kappa shape index (κ1) is 19.4. The van der Waals surface area contributed by atoms with Crippen LogP contribution in [0.25, 0.3) is 0 Å². The summed E-state index contributed by atoms with van der Waals surface area (Å²) in [5, 5.41) is 2.61. The Labute approximate surface area is 127 Å². The van der Waals surface area contributed by atoms with Crippen LogP contribution in [0.15, 0.2) is 0 Å². The predicted molar refractivity (Wildman–Crippen MR) is 80.6 cm³/mol. The zero-order valence-corrected chi connectivity index (χ0v) is 14.0. The maximum absolute atomic E-state index is 12.0. The van der Waals surface area contributed by atoms with Crippen LogP contribution in [0.5, 0.6) is 0 Å². The molecule has 0 spiro atoms. The Morgan fingerprint density at radius 2 is 1.62 bits per heavy atom. The van der Waals surface area contributed by atoms with Gasteiger partial charge in [0, 0.05) is 19.5 Å². The second-order valence-corrected chi connectivity index (χ2v) is 5.89. The van der Waals surface area contributed by atoms with Gasteiger partial charge in [0.1, 0.15) is 11.6 Å². The fourth-order valence-corrected chi connectivity index (χ4v) is 1.79. The van der Waals surface area contributed by atoms with E-state index in [0.29, 0.717) is 13.1 Å². The van der Waals surface area contributed by atoms with Crippen molar-refractivity contribution < 1.29 is 19.1 Å². The van der Waals surface area contributed by atoms with E-state index in [-0.39, 0.29) is 24.7 Å². The topological polar surface area (TPSA) is 75.7 Å². The van der Waals surface area contributed by atoms with E-state index in [1.165, 1.54) is 0 Å². The zero-order valence-electron chi connectivity index (χ0n) is 14.0. The third kappa shape index (κ3) is 8.32. The monoisotopic (exact) mass is 300 g/mol. The summed E-state index contributed by atoms with van der Waals surface area (Å²) >= 11 is 0. The number of amides is 2. The van der Waals surface area contributed by atoms with Gasteiger partial charge >= 0.3 is 5.97 Å². The molecule has 1 atom stereocenters. The number of carbonyl (C=O) groups is 3. The zero-order chi connectivity index (χ0) is 16.6. The first-order chi connectivity index (χ1) is 9.60. The van der Waals surface area contributed by atoms with Gasteiger partial charge in [0.05, 0.1) is 6.42 Å². The van der Waals surface area contributed by atoms with E-state index in [2.05, 4.69) is 5.32 Å². The highest BCUT2D eigenvalue weighted by atomic mass is 16.6. The van der Waals surface area contributed by atoms with Crippen LogP contribution in [-0.2, 0) is 19.1 Å². The van der Waals surface area contributed by atoms with Crippen LogP contribution in [-0.4, -0.2) is 47.4 Å². The Hall–Kier alpha value is -1.59. The second-order valence-electron chi connectivity index (χ2n) is 5.89. The number of nitrogens with one attached hydrogen (secondary N) is 1. The molecule has 21 heavy (non-hydrogen) atoms. The fraction of sp³-hybridized carbons (Fsp3) is 0.800. The van der Waals surface area contributed by atoms with Crippen LogP contribution < -0.4 is 5.32 Å². The summed E-state index contributed by atoms with van der Waals surface area (Å²) < 4.78 is 5.12. The van der Waals surface area contributed by atoms with Gasteiger partial charge in [-0.15, -0.1) is 0 Å². The van der Waals surface area contributed by atoms with Gasteiger partial charge in [0.15, 0.2) is 0 Å². The maximum Gasteiger partial charge on any atom is 0.306 e. The van der Waals surface area contributed by atoms with Crippen LogP contribution in [0.1, 0.15) is 54.4 Å². The summed E-state index contributed by atoms with van der Waals surface area (Å²) in [6.45, 7) is 11.9. The molecule has 0 fully saturated rings. The largest absolute Gasteiger partial charge is 0.460 e. The van der Waals surface area contributed by atoms with Crippen molar-refractivity contribution in [2.75, 3.05) is 13.1 Å². The lowest BCUT2D eigenvalue weighted by molar-refractivity contribution is -0.155. The first-order valence-corrected chi connectivity index (χ1v) is 7.40. The Morgan fingerprint density at radius 3 is 2.05 bits per heavy atom. The van der Waals surface area contributed by atoms with E-state index in [4.69, 9.17) is 4.74 Å². The molecule has 6 heteroatoms. The highest BCUT2D eigenvalue weighted by Gasteiger charge is 2.21. The summed E-state index contributed by atoms with van der Waals surface area (Å²) in [7, 11) is 0. The molecule has 2 amide bonds. The normalized spacial score (nSPS) is 12.5. The van der Waals surface area contributed by atoms with Gasteiger partial charge in [0.2, 0.25) is 11.8 Å². The molecule has 0 radical (unpaired) electrons. The van der Waals surface area contributed by atoms with Crippen molar-refractivity contribution in [3.8, 4) is 0 Å². The molecule has 0 rings (SSSR count). The van der Waals surface area contributed by atoms with Crippen LogP contribution in [0.3, 0.4) is 0 Å². The average Bonchev–Trinajstić information content (AvgIpc) is 2.35. The Kier molecular flexibility index (Phi) is 7.99. The maximum atomic E-state index is 12.0. The number of ether oxygens (including phenoxy) is 1. The van der Waals surface area contributed by atoms with E-state index < -0.39 is 17.6 Å². The minimum Gasteiger partial charge on any atom is -0.460 e. The van der Waals surface area contributed by atoms with Gasteiger partial charge in [-0.3, -0.25) is 14.4 Å². The molecule has 0 aliphatic carbocycles. The lowest BCUT2D eigenvalue weighted by Gasteiger charge is -2.23. The standard InChI is InChI=1S/C15H28N2O4/c1-7-17(8-2)14(20)11(3)16-12(18)9-10-13(19)21-15(4,5)6/h11H,7-10H2,1-6H3,(H,16,18). The highest BCUT2D eigenvalue weighted by Crippen LogP contribution is 2.09. The van der Waals surface area contributed by atoms with Gasteiger partial charge in [-0.05, 0) is 41.5 Å². The van der Waals surface area contributed by atoms with Gasteiger partial charge in [-0.1, -0.05) is 0 Å². The first-order valence-electron chi connectivity index (χ1n) is 7.40. The van der Waals surface area contributed by atoms with E-state index >= 15 is 0 Å². The van der Waals surface area contributed by atoms with Crippen LogP contribution in [0, 0.1) is 0 Å². The SMILES string of the molecule is CCN(CC)C(=O)C(C)NC(=O)CCC(=O)OC(C)(C)C. The molecule has 0 saturated carbocycles. The van der Waals surface area contributed by atoms with Crippen molar-refractivity contribution >= 4 is 17.8 Å². The molecule has 0 bridgehead atoms. The second kappa shape index (κ2) is 8.64. The van der Waals surface area contributed by atoms with Crippen LogP contribution >= 0.6 is 0 Å². The predicted octanol–water partition coefficient (Wildman–Crippen LogP) is 1.48. The third-order valence-electron chi connectivity index (χ3n) is 2.80. The molecule has 0 aliphatic heterocycles. The number of nitrogens with zero attached hydrogens (tertiary/aromatic N) is 1. The summed E-state index contributed by atoms with van der Waals surface area (Å²) in [4.78, 5) is 36.9. The molecule has 0 saturated heterocycles. The fourth-order valence-electron chi connectivity index (χ4n) is 1.79. The van der Waals surface area contributed by atoms with E-state index in [1.54, 1.807) is 32.6 Å². The minimum absolute atomic E-state index is 0.00921. The van der Waals surface area contributed by atoms with Gasteiger partial charge in [-0.25, -0.2) is 0 Å². The molecule has 0 aromatic rings. The summed E-state index contributed by atoms with van der Waals surface area (Å²) in [6, 6.07) is -0.587. The highest BCUT2D eigenvalue weighted by molar-refractivity contribution is 5.88. The molecule has 1 unspecified atom stereocenters. The van der Waals surface area contributed by atoms with Gasteiger partial charge in [0.25, 0.3) is 0 Å². The average molecular weight is 300 g/mol. The lowest BCUT2D eigenvalue weighted by Crippen LogP contribution is -2.46. The molecule has 1 N–H and O–H groups in total. The quantitative estimate of drug-likeness (QED) is 0.723.